The lowest BCUT2D eigenvalue weighted by molar-refractivity contribution is -0.136. The quantitative estimate of drug-likeness (QED) is 0.491. The SMILES string of the molecule is C=CCOC(=O)/C=C/c1ccc(C(=O)NC2CC2)cc1. The predicted octanol–water partition coefficient (Wildman–Crippen LogP) is 2.32. The molecule has 1 saturated carbocycles. The number of carbonyl (C=O) groups excluding carboxylic acids is 2. The second-order valence-electron chi connectivity index (χ2n) is 4.62. The third-order valence-corrected chi connectivity index (χ3v) is 2.84. The van der Waals surface area contributed by atoms with Gasteiger partial charge in [-0.05, 0) is 36.6 Å². The molecule has 0 radical (unpaired) electrons. The molecule has 1 aliphatic carbocycles. The topological polar surface area (TPSA) is 55.4 Å². The molecule has 0 atom stereocenters. The fraction of sp³-hybridized carbons (Fsp3) is 0.250. The van der Waals surface area contributed by atoms with Gasteiger partial charge < -0.3 is 10.1 Å². The van der Waals surface area contributed by atoms with E-state index in [1.165, 1.54) is 12.2 Å². The van der Waals surface area contributed by atoms with Crippen LogP contribution in [0, 0.1) is 0 Å². The first-order valence-corrected chi connectivity index (χ1v) is 6.55. The minimum absolute atomic E-state index is 0.0478. The van der Waals surface area contributed by atoms with Crippen LogP contribution >= 0.6 is 0 Å². The Kier molecular flexibility index (Phi) is 4.71. The maximum atomic E-state index is 11.8. The van der Waals surface area contributed by atoms with E-state index in [9.17, 15) is 9.59 Å². The molecule has 0 heterocycles. The molecule has 0 bridgehead atoms. The van der Waals surface area contributed by atoms with Gasteiger partial charge in [-0.1, -0.05) is 24.8 Å². The Morgan fingerprint density at radius 3 is 2.60 bits per heavy atom. The number of amides is 1. The molecule has 0 unspecified atom stereocenters. The molecule has 1 aromatic carbocycles. The van der Waals surface area contributed by atoms with E-state index in [2.05, 4.69) is 11.9 Å². The second-order valence-corrected chi connectivity index (χ2v) is 4.62. The number of carbonyl (C=O) groups is 2. The molecule has 1 aliphatic rings. The fourth-order valence-electron chi connectivity index (χ4n) is 1.60. The highest BCUT2D eigenvalue weighted by molar-refractivity contribution is 5.95. The first kappa shape index (κ1) is 14.1. The molecule has 1 N–H and O–H groups in total. The maximum absolute atomic E-state index is 11.8. The first-order chi connectivity index (χ1) is 9.69. The molecule has 1 aromatic rings. The minimum Gasteiger partial charge on any atom is -0.458 e. The van der Waals surface area contributed by atoms with Crippen molar-refractivity contribution in [3.63, 3.8) is 0 Å². The van der Waals surface area contributed by atoms with Crippen LogP contribution < -0.4 is 5.32 Å². The van der Waals surface area contributed by atoms with E-state index in [1.54, 1.807) is 30.3 Å². The lowest BCUT2D eigenvalue weighted by atomic mass is 10.1. The van der Waals surface area contributed by atoms with Crippen LogP contribution in [0.25, 0.3) is 6.08 Å². The summed E-state index contributed by atoms with van der Waals surface area (Å²) in [5, 5.41) is 2.92. The molecule has 20 heavy (non-hydrogen) atoms. The lowest BCUT2D eigenvalue weighted by Gasteiger charge is -2.03. The Hall–Kier alpha value is -2.36. The van der Waals surface area contributed by atoms with Gasteiger partial charge in [0.25, 0.3) is 5.91 Å². The van der Waals surface area contributed by atoms with Crippen molar-refractivity contribution in [1.29, 1.82) is 0 Å². The zero-order valence-corrected chi connectivity index (χ0v) is 11.2. The molecular formula is C16H17NO3. The van der Waals surface area contributed by atoms with E-state index >= 15 is 0 Å². The minimum atomic E-state index is -0.416. The molecule has 2 rings (SSSR count). The van der Waals surface area contributed by atoms with Crippen LogP contribution in [0.4, 0.5) is 0 Å². The highest BCUT2D eigenvalue weighted by Gasteiger charge is 2.23. The van der Waals surface area contributed by atoms with Crippen molar-refractivity contribution in [2.45, 2.75) is 18.9 Å². The highest BCUT2D eigenvalue weighted by Crippen LogP contribution is 2.19. The van der Waals surface area contributed by atoms with Crippen LogP contribution in [0.5, 0.6) is 0 Å². The summed E-state index contributed by atoms with van der Waals surface area (Å²) in [6, 6.07) is 7.42. The van der Waals surface area contributed by atoms with Crippen LogP contribution in [0.1, 0.15) is 28.8 Å². The first-order valence-electron chi connectivity index (χ1n) is 6.55. The van der Waals surface area contributed by atoms with E-state index in [0.29, 0.717) is 11.6 Å². The summed E-state index contributed by atoms with van der Waals surface area (Å²) in [5.74, 6) is -0.464. The van der Waals surface area contributed by atoms with E-state index in [-0.39, 0.29) is 12.5 Å². The molecule has 1 fully saturated rings. The monoisotopic (exact) mass is 271 g/mol. The zero-order valence-electron chi connectivity index (χ0n) is 11.2. The summed E-state index contributed by atoms with van der Waals surface area (Å²) in [7, 11) is 0. The summed E-state index contributed by atoms with van der Waals surface area (Å²) in [6.07, 6.45) is 6.65. The van der Waals surface area contributed by atoms with Crippen molar-refractivity contribution in [3.8, 4) is 0 Å². The van der Waals surface area contributed by atoms with E-state index in [1.807, 2.05) is 0 Å². The number of hydrogen-bond acceptors (Lipinski definition) is 3. The van der Waals surface area contributed by atoms with Gasteiger partial charge in [-0.3, -0.25) is 4.79 Å². The Balaban J connectivity index is 1.90. The molecule has 0 saturated heterocycles. The summed E-state index contributed by atoms with van der Waals surface area (Å²) in [5.41, 5.74) is 1.46. The van der Waals surface area contributed by atoms with Crippen LogP contribution in [0.3, 0.4) is 0 Å². The van der Waals surface area contributed by atoms with E-state index in [4.69, 9.17) is 4.74 Å². The molecule has 0 aromatic heterocycles. The average Bonchev–Trinajstić information content (AvgIpc) is 3.27. The zero-order chi connectivity index (χ0) is 14.4. The van der Waals surface area contributed by atoms with Gasteiger partial charge in [0, 0.05) is 17.7 Å². The van der Waals surface area contributed by atoms with Gasteiger partial charge in [-0.15, -0.1) is 0 Å². The second kappa shape index (κ2) is 6.70. The van der Waals surface area contributed by atoms with Crippen LogP contribution in [-0.4, -0.2) is 24.5 Å². The van der Waals surface area contributed by atoms with Gasteiger partial charge in [-0.25, -0.2) is 4.79 Å². The van der Waals surface area contributed by atoms with Gasteiger partial charge in [0.1, 0.15) is 6.61 Å². The number of ether oxygens (including phenoxy) is 1. The third kappa shape index (κ3) is 4.39. The van der Waals surface area contributed by atoms with Crippen molar-refractivity contribution in [2.24, 2.45) is 0 Å². The summed E-state index contributed by atoms with van der Waals surface area (Å²) in [4.78, 5) is 23.0. The number of rotatable bonds is 6. The Morgan fingerprint density at radius 1 is 1.30 bits per heavy atom. The number of esters is 1. The molecule has 104 valence electrons. The third-order valence-electron chi connectivity index (χ3n) is 2.84. The molecule has 0 aliphatic heterocycles. The fourth-order valence-corrected chi connectivity index (χ4v) is 1.60. The molecular weight excluding hydrogens is 254 g/mol. The number of benzene rings is 1. The number of nitrogens with one attached hydrogen (secondary N) is 1. The van der Waals surface area contributed by atoms with Crippen molar-refractivity contribution in [2.75, 3.05) is 6.61 Å². The van der Waals surface area contributed by atoms with Crippen molar-refractivity contribution >= 4 is 18.0 Å². The molecule has 4 nitrogen and oxygen atoms in total. The highest BCUT2D eigenvalue weighted by atomic mass is 16.5. The Bertz CT molecular complexity index is 527. The van der Waals surface area contributed by atoms with Gasteiger partial charge in [-0.2, -0.15) is 0 Å². The largest absolute Gasteiger partial charge is 0.458 e. The van der Waals surface area contributed by atoms with Crippen LogP contribution in [0.15, 0.2) is 43.0 Å². The molecule has 4 heteroatoms. The van der Waals surface area contributed by atoms with Gasteiger partial charge in [0.05, 0.1) is 0 Å². The van der Waals surface area contributed by atoms with E-state index in [0.717, 1.165) is 18.4 Å². The van der Waals surface area contributed by atoms with Gasteiger partial charge in [0.2, 0.25) is 0 Å². The Morgan fingerprint density at radius 2 is 2.00 bits per heavy atom. The van der Waals surface area contributed by atoms with Gasteiger partial charge >= 0.3 is 5.97 Å². The normalized spacial score (nSPS) is 14.0. The average molecular weight is 271 g/mol. The van der Waals surface area contributed by atoms with Crippen LogP contribution in [-0.2, 0) is 9.53 Å². The lowest BCUT2D eigenvalue weighted by Crippen LogP contribution is -2.25. The standard InChI is InChI=1S/C16H17NO3/c1-2-11-20-15(18)10-5-12-3-6-13(7-4-12)16(19)17-14-8-9-14/h2-7,10,14H,1,8-9,11H2,(H,17,19)/b10-5+. The molecule has 1 amide bonds. The van der Waals surface area contributed by atoms with Crippen molar-refractivity contribution < 1.29 is 14.3 Å². The summed E-state index contributed by atoms with van der Waals surface area (Å²) >= 11 is 0. The summed E-state index contributed by atoms with van der Waals surface area (Å²) in [6.45, 7) is 3.66. The van der Waals surface area contributed by atoms with Crippen molar-refractivity contribution in [3.05, 3.63) is 54.1 Å². The molecule has 0 spiro atoms. The van der Waals surface area contributed by atoms with Gasteiger partial charge in [0.15, 0.2) is 0 Å². The van der Waals surface area contributed by atoms with Crippen molar-refractivity contribution in [1.82, 2.24) is 5.32 Å². The van der Waals surface area contributed by atoms with E-state index < -0.39 is 5.97 Å². The number of hydrogen-bond donors (Lipinski definition) is 1. The predicted molar refractivity (Wildman–Crippen MR) is 77.1 cm³/mol. The smallest absolute Gasteiger partial charge is 0.331 e. The Labute approximate surface area is 118 Å². The summed E-state index contributed by atoms with van der Waals surface area (Å²) < 4.78 is 4.82. The maximum Gasteiger partial charge on any atom is 0.331 e. The van der Waals surface area contributed by atoms with Crippen LogP contribution in [0.2, 0.25) is 0 Å².